The number of benzene rings is 7. The molecule has 0 unspecified atom stereocenters. The summed E-state index contributed by atoms with van der Waals surface area (Å²) in [6.07, 6.45) is 1.76. The Labute approximate surface area is 330 Å². The van der Waals surface area contributed by atoms with Crippen molar-refractivity contribution in [2.45, 2.75) is 0 Å². The Morgan fingerprint density at radius 2 is 1.16 bits per heavy atom. The largest absolute Gasteiger partial charge is 0.456 e. The summed E-state index contributed by atoms with van der Waals surface area (Å²) in [5.74, 6) is 1.78. The number of rotatable bonds is 5. The van der Waals surface area contributed by atoms with Crippen LogP contribution in [-0.2, 0) is 0 Å². The van der Waals surface area contributed by atoms with Gasteiger partial charge in [0.1, 0.15) is 16.9 Å². The average Bonchev–Trinajstić information content (AvgIpc) is 3.95. The molecule has 0 atom stereocenters. The van der Waals surface area contributed by atoms with Crippen LogP contribution in [0.3, 0.4) is 0 Å². The first-order valence-corrected chi connectivity index (χ1v) is 19.7. The van der Waals surface area contributed by atoms with Gasteiger partial charge < -0.3 is 8.98 Å². The Hall–Kier alpha value is -7.48. The summed E-state index contributed by atoms with van der Waals surface area (Å²) in [4.78, 5) is 19.2. The standard InChI is InChI=1S/C50H29N5OS/c1-2-11-30(12-3-1)48-52-49(54-50(53-48)40-16-8-9-26-51-40)32-20-23-37-39-27-31(21-25-45(39)57-46(37)28-32)34-15-10-19-43-47(34)38-24-22-33(29-44(38)56-43)55-41-17-6-4-13-35(41)36-14-5-7-18-42(36)55/h1-29H. The number of aromatic nitrogens is 5. The van der Waals surface area contributed by atoms with Crippen LogP contribution in [0.5, 0.6) is 0 Å². The Morgan fingerprint density at radius 3 is 1.96 bits per heavy atom. The summed E-state index contributed by atoms with van der Waals surface area (Å²) >= 11 is 1.78. The molecule has 0 aliphatic heterocycles. The molecule has 0 radical (unpaired) electrons. The van der Waals surface area contributed by atoms with Crippen LogP contribution in [-0.4, -0.2) is 24.5 Å². The van der Waals surface area contributed by atoms with E-state index in [1.807, 2.05) is 48.5 Å². The molecule has 5 heterocycles. The van der Waals surface area contributed by atoms with Crippen molar-refractivity contribution in [3.05, 3.63) is 176 Å². The van der Waals surface area contributed by atoms with Crippen molar-refractivity contribution >= 4 is 75.3 Å². The van der Waals surface area contributed by atoms with Crippen molar-refractivity contribution in [2.75, 3.05) is 0 Å². The van der Waals surface area contributed by atoms with Crippen molar-refractivity contribution in [1.82, 2.24) is 24.5 Å². The van der Waals surface area contributed by atoms with Gasteiger partial charge in [-0.25, -0.2) is 15.0 Å². The summed E-state index contributed by atoms with van der Waals surface area (Å²) in [6, 6.07) is 59.3. The second kappa shape index (κ2) is 12.5. The summed E-state index contributed by atoms with van der Waals surface area (Å²) < 4.78 is 11.3. The maximum absolute atomic E-state index is 6.62. The fraction of sp³-hybridized carbons (Fsp3) is 0. The SMILES string of the molecule is c1ccc(-c2nc(-c3ccc4c(c3)sc3ccc(-c5cccc6oc7cc(-n8c9ccccc9c9ccccc98)ccc7c56)cc34)nc(-c3ccccn3)n2)cc1. The smallest absolute Gasteiger partial charge is 0.182 e. The number of furan rings is 1. The molecular weight excluding hydrogens is 719 g/mol. The lowest BCUT2D eigenvalue weighted by Gasteiger charge is -2.08. The molecule has 0 saturated carbocycles. The van der Waals surface area contributed by atoms with Crippen molar-refractivity contribution in [3.8, 4) is 51.1 Å². The van der Waals surface area contributed by atoms with Crippen LogP contribution >= 0.6 is 11.3 Å². The lowest BCUT2D eigenvalue weighted by molar-refractivity contribution is 0.668. The van der Waals surface area contributed by atoms with Crippen molar-refractivity contribution in [2.24, 2.45) is 0 Å². The minimum absolute atomic E-state index is 0.546. The van der Waals surface area contributed by atoms with Crippen LogP contribution in [0.1, 0.15) is 0 Å². The molecule has 0 aliphatic rings. The zero-order chi connectivity index (χ0) is 37.5. The number of para-hydroxylation sites is 2. The third-order valence-corrected chi connectivity index (χ3v) is 12.1. The number of fused-ring (bicyclic) bond motifs is 9. The highest BCUT2D eigenvalue weighted by Crippen LogP contribution is 2.42. The molecule has 12 rings (SSSR count). The summed E-state index contributed by atoms with van der Waals surface area (Å²) in [5, 5.41) is 7.11. The highest BCUT2D eigenvalue weighted by molar-refractivity contribution is 7.25. The van der Waals surface area contributed by atoms with Crippen LogP contribution in [0, 0.1) is 0 Å². The van der Waals surface area contributed by atoms with Crippen LogP contribution in [0.2, 0.25) is 0 Å². The van der Waals surface area contributed by atoms with Crippen molar-refractivity contribution in [3.63, 3.8) is 0 Å². The van der Waals surface area contributed by atoms with Crippen molar-refractivity contribution < 1.29 is 4.42 Å². The third-order valence-electron chi connectivity index (χ3n) is 10.9. The van der Waals surface area contributed by atoms with Gasteiger partial charge in [-0.1, -0.05) is 103 Å². The van der Waals surface area contributed by atoms with E-state index in [-0.39, 0.29) is 0 Å². The van der Waals surface area contributed by atoms with Gasteiger partial charge in [-0.15, -0.1) is 11.3 Å². The maximum atomic E-state index is 6.62. The molecule has 0 amide bonds. The molecule has 7 aromatic carbocycles. The van der Waals surface area contributed by atoms with Gasteiger partial charge in [-0.05, 0) is 71.8 Å². The topological polar surface area (TPSA) is 69.6 Å². The van der Waals surface area contributed by atoms with E-state index in [2.05, 4.69) is 131 Å². The van der Waals surface area contributed by atoms with E-state index in [0.717, 1.165) is 49.9 Å². The lowest BCUT2D eigenvalue weighted by atomic mass is 9.97. The minimum atomic E-state index is 0.546. The molecule has 12 aromatic rings. The number of thiophene rings is 1. The fourth-order valence-corrected chi connectivity index (χ4v) is 9.44. The van der Waals surface area contributed by atoms with Gasteiger partial charge in [0.05, 0.1) is 11.0 Å². The lowest BCUT2D eigenvalue weighted by Crippen LogP contribution is -2.00. The third kappa shape index (κ3) is 5.10. The second-order valence-corrected chi connectivity index (χ2v) is 15.3. The van der Waals surface area contributed by atoms with Crippen LogP contribution in [0.25, 0.3) is 115 Å². The van der Waals surface area contributed by atoms with Gasteiger partial charge in [0.25, 0.3) is 0 Å². The van der Waals surface area contributed by atoms with Gasteiger partial charge in [0, 0.05) is 70.8 Å². The van der Waals surface area contributed by atoms with E-state index < -0.39 is 0 Å². The zero-order valence-electron chi connectivity index (χ0n) is 30.3. The molecule has 7 heteroatoms. The Bertz CT molecular complexity index is 3420. The average molecular weight is 748 g/mol. The van der Waals surface area contributed by atoms with E-state index in [9.17, 15) is 0 Å². The molecule has 266 valence electrons. The molecule has 5 aromatic heterocycles. The van der Waals surface area contributed by atoms with Crippen LogP contribution < -0.4 is 0 Å². The highest BCUT2D eigenvalue weighted by Gasteiger charge is 2.18. The molecular formula is C50H29N5OS. The molecule has 0 fully saturated rings. The van der Waals surface area contributed by atoms with Gasteiger partial charge in [-0.3, -0.25) is 4.98 Å². The first-order valence-electron chi connectivity index (χ1n) is 18.9. The summed E-state index contributed by atoms with van der Waals surface area (Å²) in [5.41, 5.74) is 10.0. The first-order chi connectivity index (χ1) is 28.2. The predicted octanol–water partition coefficient (Wildman–Crippen LogP) is 13.3. The van der Waals surface area contributed by atoms with Crippen LogP contribution in [0.15, 0.2) is 180 Å². The molecule has 0 N–H and O–H groups in total. The summed E-state index contributed by atoms with van der Waals surface area (Å²) in [6.45, 7) is 0. The number of hydrogen-bond acceptors (Lipinski definition) is 6. The monoisotopic (exact) mass is 747 g/mol. The predicted molar refractivity (Wildman–Crippen MR) is 234 cm³/mol. The van der Waals surface area contributed by atoms with Gasteiger partial charge >= 0.3 is 0 Å². The van der Waals surface area contributed by atoms with E-state index in [4.69, 9.17) is 19.4 Å². The number of pyridine rings is 1. The number of hydrogen-bond donors (Lipinski definition) is 0. The molecule has 57 heavy (non-hydrogen) atoms. The number of nitrogens with zero attached hydrogens (tertiary/aromatic N) is 5. The Morgan fingerprint density at radius 1 is 0.439 bits per heavy atom. The summed E-state index contributed by atoms with van der Waals surface area (Å²) in [7, 11) is 0. The van der Waals surface area contributed by atoms with E-state index >= 15 is 0 Å². The molecule has 6 nitrogen and oxygen atoms in total. The van der Waals surface area contributed by atoms with Gasteiger partial charge in [0.15, 0.2) is 17.5 Å². The molecule has 0 spiro atoms. The quantitative estimate of drug-likeness (QED) is 0.175. The second-order valence-electron chi connectivity index (χ2n) is 14.2. The zero-order valence-corrected chi connectivity index (χ0v) is 31.1. The van der Waals surface area contributed by atoms with E-state index in [1.54, 1.807) is 17.5 Å². The fourth-order valence-electron chi connectivity index (χ4n) is 8.31. The Kier molecular flexibility index (Phi) is 7.00. The van der Waals surface area contributed by atoms with Gasteiger partial charge in [0.2, 0.25) is 0 Å². The maximum Gasteiger partial charge on any atom is 0.182 e. The van der Waals surface area contributed by atoms with E-state index in [0.29, 0.717) is 23.2 Å². The molecule has 0 bridgehead atoms. The van der Waals surface area contributed by atoms with Crippen LogP contribution in [0.4, 0.5) is 0 Å². The van der Waals surface area contributed by atoms with Gasteiger partial charge in [-0.2, -0.15) is 0 Å². The molecule has 0 saturated heterocycles. The first kappa shape index (κ1) is 31.8. The minimum Gasteiger partial charge on any atom is -0.456 e. The van der Waals surface area contributed by atoms with Crippen molar-refractivity contribution in [1.29, 1.82) is 0 Å². The molecule has 0 aliphatic carbocycles. The van der Waals surface area contributed by atoms with E-state index in [1.165, 1.54) is 42.0 Å². The normalized spacial score (nSPS) is 11.9. The Balaban J connectivity index is 0.962. The highest BCUT2D eigenvalue weighted by atomic mass is 32.1.